The lowest BCUT2D eigenvalue weighted by Crippen LogP contribution is -2.52. The van der Waals surface area contributed by atoms with Crippen LogP contribution in [-0.4, -0.2) is 40.2 Å². The molecular formula is C20H23N3O4. The molecule has 0 unspecified atom stereocenters. The van der Waals surface area contributed by atoms with E-state index in [0.29, 0.717) is 17.5 Å². The standard InChI is InChI=1S/C20H23N3O4/c1-13-18(27-17-6-3-2-5-16(17)25-13)19(24)23-14-7-9-15(10-8-14)26-20-21-11-4-12-22-20/h2-6,11-15,18H,7-10H2,1H3,(H,23,24)/t13-,14?,15?,18+/m1/s1. The molecule has 2 aromatic rings. The maximum atomic E-state index is 12.7. The zero-order valence-electron chi connectivity index (χ0n) is 15.2. The topological polar surface area (TPSA) is 82.6 Å². The van der Waals surface area contributed by atoms with Crippen molar-refractivity contribution in [3.63, 3.8) is 0 Å². The van der Waals surface area contributed by atoms with Crippen LogP contribution in [0.15, 0.2) is 42.7 Å². The Morgan fingerprint density at radius 1 is 1.04 bits per heavy atom. The van der Waals surface area contributed by atoms with E-state index in [4.69, 9.17) is 14.2 Å². The normalized spacial score (nSPS) is 26.9. The Hall–Kier alpha value is -2.83. The Kier molecular flexibility index (Phi) is 5.09. The molecule has 7 nitrogen and oxygen atoms in total. The van der Waals surface area contributed by atoms with Crippen molar-refractivity contribution in [3.05, 3.63) is 42.7 Å². The van der Waals surface area contributed by atoms with Gasteiger partial charge in [-0.25, -0.2) is 9.97 Å². The van der Waals surface area contributed by atoms with Gasteiger partial charge in [-0.15, -0.1) is 0 Å². The van der Waals surface area contributed by atoms with Crippen LogP contribution in [0.2, 0.25) is 0 Å². The predicted octanol–water partition coefficient (Wildman–Crippen LogP) is 2.51. The van der Waals surface area contributed by atoms with Gasteiger partial charge in [-0.3, -0.25) is 4.79 Å². The van der Waals surface area contributed by atoms with Crippen molar-refractivity contribution in [2.75, 3.05) is 0 Å². The smallest absolute Gasteiger partial charge is 0.316 e. The van der Waals surface area contributed by atoms with Gasteiger partial charge in [0.15, 0.2) is 11.5 Å². The van der Waals surface area contributed by atoms with Crippen LogP contribution in [0.25, 0.3) is 0 Å². The Balaban J connectivity index is 1.28. The summed E-state index contributed by atoms with van der Waals surface area (Å²) in [6.07, 6.45) is 5.83. The van der Waals surface area contributed by atoms with Gasteiger partial charge in [0.1, 0.15) is 12.2 Å². The number of hydrogen-bond donors (Lipinski definition) is 1. The van der Waals surface area contributed by atoms with E-state index in [1.807, 2.05) is 31.2 Å². The first-order valence-corrected chi connectivity index (χ1v) is 9.35. The summed E-state index contributed by atoms with van der Waals surface area (Å²) < 4.78 is 17.5. The van der Waals surface area contributed by atoms with Crippen LogP contribution in [0.4, 0.5) is 0 Å². The van der Waals surface area contributed by atoms with Crippen LogP contribution in [0, 0.1) is 0 Å². The maximum Gasteiger partial charge on any atom is 0.316 e. The molecule has 0 saturated heterocycles. The molecule has 0 bridgehead atoms. The molecule has 1 aromatic carbocycles. The van der Waals surface area contributed by atoms with Gasteiger partial charge in [0.25, 0.3) is 5.91 Å². The lowest BCUT2D eigenvalue weighted by molar-refractivity contribution is -0.134. The maximum absolute atomic E-state index is 12.7. The third kappa shape index (κ3) is 4.13. The molecule has 1 saturated carbocycles. The first-order valence-electron chi connectivity index (χ1n) is 9.35. The average Bonchev–Trinajstić information content (AvgIpc) is 2.69. The van der Waals surface area contributed by atoms with E-state index in [0.717, 1.165) is 25.7 Å². The van der Waals surface area contributed by atoms with Crippen LogP contribution in [0.5, 0.6) is 17.5 Å². The van der Waals surface area contributed by atoms with Crippen molar-refractivity contribution in [2.24, 2.45) is 0 Å². The number of carbonyl (C=O) groups is 1. The molecule has 2 aliphatic rings. The largest absolute Gasteiger partial charge is 0.482 e. The van der Waals surface area contributed by atoms with Crippen molar-refractivity contribution in [3.8, 4) is 17.5 Å². The Morgan fingerprint density at radius 2 is 1.70 bits per heavy atom. The zero-order valence-corrected chi connectivity index (χ0v) is 15.2. The molecule has 0 spiro atoms. The molecule has 7 heteroatoms. The van der Waals surface area contributed by atoms with Crippen molar-refractivity contribution < 1.29 is 19.0 Å². The lowest BCUT2D eigenvalue weighted by Gasteiger charge is -2.33. The lowest BCUT2D eigenvalue weighted by atomic mass is 9.92. The van der Waals surface area contributed by atoms with Gasteiger partial charge < -0.3 is 19.5 Å². The minimum Gasteiger partial charge on any atom is -0.482 e. The average molecular weight is 369 g/mol. The number of carbonyl (C=O) groups excluding carboxylic acids is 1. The Morgan fingerprint density at radius 3 is 2.41 bits per heavy atom. The van der Waals surface area contributed by atoms with Gasteiger partial charge in [-0.2, -0.15) is 0 Å². The predicted molar refractivity (Wildman–Crippen MR) is 97.8 cm³/mol. The second kappa shape index (κ2) is 7.82. The molecule has 142 valence electrons. The van der Waals surface area contributed by atoms with Crippen LogP contribution >= 0.6 is 0 Å². The van der Waals surface area contributed by atoms with Crippen LogP contribution in [0.3, 0.4) is 0 Å². The second-order valence-corrected chi connectivity index (χ2v) is 6.94. The first kappa shape index (κ1) is 17.6. The monoisotopic (exact) mass is 369 g/mol. The van der Waals surface area contributed by atoms with Gasteiger partial charge in [-0.05, 0) is 50.8 Å². The number of nitrogens with one attached hydrogen (secondary N) is 1. The van der Waals surface area contributed by atoms with Gasteiger partial charge in [-0.1, -0.05) is 12.1 Å². The molecule has 1 aliphatic carbocycles. The minimum absolute atomic E-state index is 0.0839. The number of para-hydroxylation sites is 2. The van der Waals surface area contributed by atoms with Crippen molar-refractivity contribution >= 4 is 5.91 Å². The molecule has 0 radical (unpaired) electrons. The number of nitrogens with zero attached hydrogens (tertiary/aromatic N) is 2. The first-order chi connectivity index (χ1) is 13.2. The number of fused-ring (bicyclic) bond motifs is 1. The number of amides is 1. The minimum atomic E-state index is -0.647. The summed E-state index contributed by atoms with van der Waals surface area (Å²) in [6, 6.07) is 9.69. The van der Waals surface area contributed by atoms with E-state index >= 15 is 0 Å². The van der Waals surface area contributed by atoms with Gasteiger partial charge >= 0.3 is 6.01 Å². The van der Waals surface area contributed by atoms with Crippen molar-refractivity contribution in [1.82, 2.24) is 15.3 Å². The van der Waals surface area contributed by atoms with Crippen molar-refractivity contribution in [2.45, 2.75) is 57.0 Å². The summed E-state index contributed by atoms with van der Waals surface area (Å²) in [5, 5.41) is 3.10. The fourth-order valence-electron chi connectivity index (χ4n) is 3.51. The molecule has 27 heavy (non-hydrogen) atoms. The summed E-state index contributed by atoms with van der Waals surface area (Å²) in [4.78, 5) is 20.9. The summed E-state index contributed by atoms with van der Waals surface area (Å²) in [5.74, 6) is 1.15. The van der Waals surface area contributed by atoms with E-state index in [1.54, 1.807) is 18.5 Å². The second-order valence-electron chi connectivity index (χ2n) is 6.94. The highest BCUT2D eigenvalue weighted by atomic mass is 16.6. The molecule has 1 aliphatic heterocycles. The number of aromatic nitrogens is 2. The quantitative estimate of drug-likeness (QED) is 0.892. The van der Waals surface area contributed by atoms with E-state index in [-0.39, 0.29) is 24.2 Å². The van der Waals surface area contributed by atoms with Crippen LogP contribution < -0.4 is 19.5 Å². The van der Waals surface area contributed by atoms with Gasteiger partial charge in [0.05, 0.1) is 0 Å². The van der Waals surface area contributed by atoms with E-state index < -0.39 is 6.10 Å². The van der Waals surface area contributed by atoms with Crippen molar-refractivity contribution in [1.29, 1.82) is 0 Å². The molecule has 1 N–H and O–H groups in total. The third-order valence-corrected chi connectivity index (χ3v) is 4.94. The molecule has 1 aromatic heterocycles. The highest BCUT2D eigenvalue weighted by molar-refractivity contribution is 5.82. The van der Waals surface area contributed by atoms with Crippen LogP contribution in [0.1, 0.15) is 32.6 Å². The van der Waals surface area contributed by atoms with E-state index in [2.05, 4.69) is 15.3 Å². The number of hydrogen-bond acceptors (Lipinski definition) is 6. The fraction of sp³-hybridized carbons (Fsp3) is 0.450. The molecule has 4 rings (SSSR count). The SMILES string of the molecule is C[C@H]1Oc2ccccc2O[C@@H]1C(=O)NC1CCC(Oc2ncccn2)CC1. The zero-order chi connectivity index (χ0) is 18.6. The summed E-state index contributed by atoms with van der Waals surface area (Å²) in [5.41, 5.74) is 0. The molecule has 1 fully saturated rings. The van der Waals surface area contributed by atoms with Gasteiger partial charge in [0, 0.05) is 18.4 Å². The summed E-state index contributed by atoms with van der Waals surface area (Å²) in [7, 11) is 0. The molecular weight excluding hydrogens is 346 g/mol. The van der Waals surface area contributed by atoms with E-state index in [9.17, 15) is 4.79 Å². The number of benzene rings is 1. The highest BCUT2D eigenvalue weighted by Crippen LogP contribution is 2.33. The number of rotatable bonds is 4. The number of ether oxygens (including phenoxy) is 3. The molecule has 1 amide bonds. The Bertz CT molecular complexity index is 778. The van der Waals surface area contributed by atoms with E-state index in [1.165, 1.54) is 0 Å². The Labute approximate surface area is 158 Å². The highest BCUT2D eigenvalue weighted by Gasteiger charge is 2.35. The van der Waals surface area contributed by atoms with Crippen LogP contribution in [-0.2, 0) is 4.79 Å². The summed E-state index contributed by atoms with van der Waals surface area (Å²) in [6.45, 7) is 1.85. The fourth-order valence-corrected chi connectivity index (χ4v) is 3.51. The molecule has 2 heterocycles. The van der Waals surface area contributed by atoms with Gasteiger partial charge in [0.2, 0.25) is 6.10 Å². The molecule has 2 atom stereocenters. The third-order valence-electron chi connectivity index (χ3n) is 4.94. The summed E-state index contributed by atoms with van der Waals surface area (Å²) >= 11 is 0.